The molecule has 0 spiro atoms. The predicted molar refractivity (Wildman–Crippen MR) is 162 cm³/mol. The van der Waals surface area contributed by atoms with Crippen LogP contribution < -0.4 is 16.2 Å². The van der Waals surface area contributed by atoms with Gasteiger partial charge < -0.3 is 26.1 Å². The molecule has 244 valence electrons. The second-order valence-corrected chi connectivity index (χ2v) is 13.0. The SMILES string of the molecule is CC1(C)C(CC(=O)/C(=N\O[C@@H](COc2ccc(C(N)=NCC3CCCC3)cc2)C(=O)O)c2csc(N)n2)C(=O)N1OS(=O)(=O)O. The number of hydrogen-bond donors (Lipinski definition) is 4. The van der Waals surface area contributed by atoms with E-state index in [1.54, 1.807) is 24.3 Å². The van der Waals surface area contributed by atoms with E-state index in [0.29, 0.717) is 34.7 Å². The fourth-order valence-electron chi connectivity index (χ4n) is 4.95. The zero-order chi connectivity index (χ0) is 32.9. The number of Topliss-reactive ketones (excluding diaryl/α,β-unsaturated/α-hetero) is 1. The lowest BCUT2D eigenvalue weighted by Crippen LogP contribution is -2.68. The van der Waals surface area contributed by atoms with Crippen LogP contribution in [0.15, 0.2) is 39.8 Å². The van der Waals surface area contributed by atoms with Gasteiger partial charge >= 0.3 is 16.4 Å². The van der Waals surface area contributed by atoms with Gasteiger partial charge in [0.25, 0.3) is 12.0 Å². The summed E-state index contributed by atoms with van der Waals surface area (Å²) in [5.41, 5.74) is 10.8. The molecule has 0 bridgehead atoms. The Labute approximate surface area is 263 Å². The Morgan fingerprint density at radius 3 is 2.44 bits per heavy atom. The normalized spacial score (nSPS) is 19.7. The number of anilines is 1. The average Bonchev–Trinajstić information content (AvgIpc) is 3.66. The molecule has 6 N–H and O–H groups in total. The number of carbonyl (C=O) groups is 3. The van der Waals surface area contributed by atoms with Crippen molar-refractivity contribution in [3.8, 4) is 5.75 Å². The highest BCUT2D eigenvalue weighted by Crippen LogP contribution is 2.40. The van der Waals surface area contributed by atoms with Gasteiger partial charge in [0, 0.05) is 23.9 Å². The second-order valence-electron chi connectivity index (χ2n) is 11.1. The van der Waals surface area contributed by atoms with Gasteiger partial charge in [0.05, 0.1) is 11.5 Å². The number of aliphatic imine (C=N–C) groups is 1. The molecule has 1 saturated carbocycles. The van der Waals surface area contributed by atoms with E-state index in [1.807, 2.05) is 0 Å². The van der Waals surface area contributed by atoms with Crippen molar-refractivity contribution < 1.29 is 46.3 Å². The van der Waals surface area contributed by atoms with E-state index in [-0.39, 0.29) is 10.8 Å². The van der Waals surface area contributed by atoms with Crippen molar-refractivity contribution in [3.63, 3.8) is 0 Å². The number of amidine groups is 1. The van der Waals surface area contributed by atoms with Crippen LogP contribution >= 0.6 is 11.3 Å². The Balaban J connectivity index is 1.42. The third-order valence-electron chi connectivity index (χ3n) is 7.55. The number of benzene rings is 1. The molecule has 1 aromatic carbocycles. The first-order chi connectivity index (χ1) is 21.2. The van der Waals surface area contributed by atoms with E-state index in [0.717, 1.165) is 24.2 Å². The number of nitrogens with zero attached hydrogens (tertiary/aromatic N) is 4. The number of aliphatic carboxylic acids is 1. The third kappa shape index (κ3) is 8.53. The minimum absolute atomic E-state index is 0.0223. The smallest absolute Gasteiger partial charge is 0.418 e. The van der Waals surface area contributed by atoms with Crippen molar-refractivity contribution in [3.05, 3.63) is 40.9 Å². The first-order valence-electron chi connectivity index (χ1n) is 13.9. The van der Waals surface area contributed by atoms with E-state index in [1.165, 1.54) is 32.1 Å². The molecule has 1 aliphatic heterocycles. The number of ether oxygens (including phenoxy) is 1. The number of aromatic nitrogens is 1. The number of nitrogens with two attached hydrogens (primary N) is 2. The molecule has 1 aromatic heterocycles. The Morgan fingerprint density at radius 1 is 1.22 bits per heavy atom. The first kappa shape index (κ1) is 33.8. The van der Waals surface area contributed by atoms with Crippen LogP contribution in [-0.2, 0) is 33.9 Å². The van der Waals surface area contributed by atoms with Crippen LogP contribution in [-0.4, -0.2) is 82.1 Å². The Morgan fingerprint density at radius 2 is 1.89 bits per heavy atom. The van der Waals surface area contributed by atoms with Crippen molar-refractivity contribution in [2.24, 2.45) is 27.7 Å². The number of carboxylic acid groups (broad SMARTS) is 1. The summed E-state index contributed by atoms with van der Waals surface area (Å²) in [6, 6.07) is 6.61. The predicted octanol–water partition coefficient (Wildman–Crippen LogP) is 1.80. The number of ketones is 1. The van der Waals surface area contributed by atoms with E-state index in [9.17, 15) is 27.9 Å². The minimum Gasteiger partial charge on any atom is -0.489 e. The number of hydrogen-bond acceptors (Lipinski definition) is 13. The lowest BCUT2D eigenvalue weighted by atomic mass is 9.74. The highest BCUT2D eigenvalue weighted by atomic mass is 32.3. The van der Waals surface area contributed by atoms with Crippen LogP contribution in [0.1, 0.15) is 57.2 Å². The van der Waals surface area contributed by atoms with Crippen molar-refractivity contribution in [1.29, 1.82) is 0 Å². The summed E-state index contributed by atoms with van der Waals surface area (Å²) in [6.07, 6.45) is 2.59. The van der Waals surface area contributed by atoms with Gasteiger partial charge in [-0.25, -0.2) is 9.78 Å². The van der Waals surface area contributed by atoms with E-state index >= 15 is 0 Å². The third-order valence-corrected chi connectivity index (χ3v) is 8.57. The summed E-state index contributed by atoms with van der Waals surface area (Å²) in [7, 11) is -4.98. The van der Waals surface area contributed by atoms with Crippen LogP contribution in [0.3, 0.4) is 0 Å². The number of thiazole rings is 1. The Bertz CT molecular complexity index is 1580. The van der Waals surface area contributed by atoms with Crippen molar-refractivity contribution in [2.45, 2.75) is 57.6 Å². The van der Waals surface area contributed by atoms with Crippen LogP contribution in [0.2, 0.25) is 0 Å². The number of amides is 1. The molecular formula is C27H34N6O10S2. The van der Waals surface area contributed by atoms with E-state index < -0.39 is 64.4 Å². The molecule has 1 amide bonds. The number of nitrogen functional groups attached to an aromatic ring is 1. The van der Waals surface area contributed by atoms with Crippen LogP contribution in [0, 0.1) is 11.8 Å². The molecular weight excluding hydrogens is 632 g/mol. The standard InChI is InChI=1S/C27H34N6O10S2/c1-27(2)18(24(35)33(27)43-45(38,39)40)11-20(34)22(19-14-44-26(29)31-19)32-42-21(25(36)37)13-41-17-9-7-16(8-10-17)23(28)30-12-15-5-3-4-6-15/h7-10,14-15,18,21H,3-6,11-13H2,1-2H3,(H2,28,30)(H2,29,31)(H,36,37)(H,38,39,40)/b32-22-/t18?,21-/m0/s1. The molecule has 1 aliphatic carbocycles. The molecule has 2 atom stereocenters. The maximum atomic E-state index is 13.3. The quantitative estimate of drug-likeness (QED) is 0.0697. The second kappa shape index (κ2) is 13.9. The molecule has 18 heteroatoms. The number of oxime groups is 1. The summed E-state index contributed by atoms with van der Waals surface area (Å²) in [6.45, 7) is 3.04. The molecule has 2 fully saturated rings. The summed E-state index contributed by atoms with van der Waals surface area (Å²) in [4.78, 5) is 51.4. The van der Waals surface area contributed by atoms with E-state index in [4.69, 9.17) is 25.6 Å². The highest BCUT2D eigenvalue weighted by molar-refractivity contribution is 7.80. The maximum absolute atomic E-state index is 13.3. The summed E-state index contributed by atoms with van der Waals surface area (Å²) in [5.74, 6) is -2.88. The van der Waals surface area contributed by atoms with Crippen LogP contribution in [0.4, 0.5) is 5.13 Å². The Kier molecular flexibility index (Phi) is 10.4. The number of hydroxylamine groups is 2. The lowest BCUT2D eigenvalue weighted by molar-refractivity contribution is -0.228. The van der Waals surface area contributed by atoms with Crippen molar-refractivity contribution in [2.75, 3.05) is 18.9 Å². The van der Waals surface area contributed by atoms with Gasteiger partial charge in [-0.1, -0.05) is 18.0 Å². The Hall–Kier alpha value is -4.13. The maximum Gasteiger partial charge on any atom is 0.418 e. The van der Waals surface area contributed by atoms with Gasteiger partial charge in [-0.05, 0) is 56.9 Å². The molecule has 2 aromatic rings. The molecule has 1 unspecified atom stereocenters. The summed E-state index contributed by atoms with van der Waals surface area (Å²) in [5, 5.41) is 15.4. The average molecular weight is 667 g/mol. The highest BCUT2D eigenvalue weighted by Gasteiger charge is 2.57. The topological polar surface area (TPSA) is 246 Å². The monoisotopic (exact) mass is 666 g/mol. The lowest BCUT2D eigenvalue weighted by Gasteiger charge is -2.50. The van der Waals surface area contributed by atoms with Gasteiger partial charge in [0.1, 0.15) is 23.9 Å². The zero-order valence-electron chi connectivity index (χ0n) is 24.5. The fraction of sp³-hybridized carbons (Fsp3) is 0.481. The largest absolute Gasteiger partial charge is 0.489 e. The molecule has 2 heterocycles. The molecule has 45 heavy (non-hydrogen) atoms. The number of carbonyl (C=O) groups excluding carboxylic acids is 2. The first-order valence-corrected chi connectivity index (χ1v) is 16.2. The number of rotatable bonds is 15. The minimum atomic E-state index is -4.98. The van der Waals surface area contributed by atoms with Gasteiger partial charge in [-0.3, -0.25) is 19.1 Å². The summed E-state index contributed by atoms with van der Waals surface area (Å²) < 4.78 is 41.0. The number of carboxylic acids is 1. The molecule has 4 rings (SSSR count). The number of β-lactam (4-membered cyclic amide) rings is 1. The van der Waals surface area contributed by atoms with Gasteiger partial charge in [0.15, 0.2) is 16.6 Å². The fourth-order valence-corrected chi connectivity index (χ4v) is 5.96. The van der Waals surface area contributed by atoms with Crippen molar-refractivity contribution >= 4 is 56.1 Å². The van der Waals surface area contributed by atoms with Gasteiger partial charge in [-0.15, -0.1) is 15.6 Å². The van der Waals surface area contributed by atoms with Crippen LogP contribution in [0.25, 0.3) is 0 Å². The molecule has 1 saturated heterocycles. The molecule has 16 nitrogen and oxygen atoms in total. The van der Waals surface area contributed by atoms with Gasteiger partial charge in [-0.2, -0.15) is 13.5 Å². The van der Waals surface area contributed by atoms with E-state index in [2.05, 4.69) is 19.4 Å². The zero-order valence-corrected chi connectivity index (χ0v) is 26.1. The summed E-state index contributed by atoms with van der Waals surface area (Å²) >= 11 is 0.986. The molecule has 0 radical (unpaired) electrons. The van der Waals surface area contributed by atoms with Crippen molar-refractivity contribution in [1.82, 2.24) is 10.0 Å². The van der Waals surface area contributed by atoms with Crippen LogP contribution in [0.5, 0.6) is 5.75 Å². The molecule has 2 aliphatic rings. The van der Waals surface area contributed by atoms with Gasteiger partial charge in [0.2, 0.25) is 0 Å².